The van der Waals surface area contributed by atoms with E-state index in [1.54, 1.807) is 6.92 Å². The number of carbonyl (C=O) groups is 1. The van der Waals surface area contributed by atoms with E-state index in [2.05, 4.69) is 21.6 Å². The van der Waals surface area contributed by atoms with E-state index in [-0.39, 0.29) is 12.5 Å². The van der Waals surface area contributed by atoms with Crippen LogP contribution >= 0.6 is 11.8 Å². The van der Waals surface area contributed by atoms with Crippen LogP contribution in [-0.2, 0) is 11.4 Å². The molecule has 0 radical (unpaired) electrons. The molecular formula is C21H25N5O2S. The molecule has 3 rings (SSSR count). The quantitative estimate of drug-likeness (QED) is 0.455. The van der Waals surface area contributed by atoms with Crippen LogP contribution in [0.15, 0.2) is 47.6 Å². The van der Waals surface area contributed by atoms with E-state index < -0.39 is 5.25 Å². The highest BCUT2D eigenvalue weighted by Crippen LogP contribution is 2.23. The van der Waals surface area contributed by atoms with Crippen molar-refractivity contribution >= 4 is 23.4 Å². The maximum atomic E-state index is 12.4. The number of nitrogens with one attached hydrogen (secondary N) is 1. The first kappa shape index (κ1) is 20.7. The summed E-state index contributed by atoms with van der Waals surface area (Å²) in [4.78, 5) is 12.4. The summed E-state index contributed by atoms with van der Waals surface area (Å²) in [5, 5.41) is 11.1. The second-order valence-corrected chi connectivity index (χ2v) is 8.30. The number of amides is 1. The zero-order chi connectivity index (χ0) is 21.0. The number of hydrogen-bond acceptors (Lipinski definition) is 6. The Morgan fingerprint density at radius 1 is 1.10 bits per heavy atom. The zero-order valence-corrected chi connectivity index (χ0v) is 17.8. The van der Waals surface area contributed by atoms with E-state index in [0.717, 1.165) is 28.1 Å². The number of thioether (sulfide) groups is 1. The lowest BCUT2D eigenvalue weighted by Gasteiger charge is -2.12. The molecule has 1 heterocycles. The molecule has 1 amide bonds. The number of benzene rings is 2. The molecule has 0 saturated heterocycles. The first-order chi connectivity index (χ1) is 13.8. The number of nitrogens with zero attached hydrogens (tertiary/aromatic N) is 3. The van der Waals surface area contributed by atoms with Gasteiger partial charge in [-0.2, -0.15) is 0 Å². The Hall–Kier alpha value is -3.00. The summed E-state index contributed by atoms with van der Waals surface area (Å²) in [7, 11) is 0. The maximum absolute atomic E-state index is 12.4. The first-order valence-corrected chi connectivity index (χ1v) is 10.1. The number of nitrogens with two attached hydrogens (primary N) is 1. The second kappa shape index (κ2) is 9.00. The molecule has 0 spiro atoms. The molecule has 152 valence electrons. The van der Waals surface area contributed by atoms with Gasteiger partial charge in [-0.1, -0.05) is 35.5 Å². The lowest BCUT2D eigenvalue weighted by molar-refractivity contribution is -0.115. The topological polar surface area (TPSA) is 95.1 Å². The lowest BCUT2D eigenvalue weighted by atomic mass is 10.1. The molecule has 2 aromatic carbocycles. The average molecular weight is 412 g/mol. The summed E-state index contributed by atoms with van der Waals surface area (Å²) < 4.78 is 7.16. The van der Waals surface area contributed by atoms with Gasteiger partial charge in [-0.25, -0.2) is 4.68 Å². The number of nitrogen functional groups attached to an aromatic ring is 1. The van der Waals surface area contributed by atoms with E-state index in [9.17, 15) is 4.79 Å². The average Bonchev–Trinajstić information content (AvgIpc) is 3.01. The van der Waals surface area contributed by atoms with Crippen molar-refractivity contribution in [2.24, 2.45) is 0 Å². The van der Waals surface area contributed by atoms with Gasteiger partial charge in [0, 0.05) is 5.69 Å². The standard InChI is InChI=1S/C21H25N5O2S/c1-13-5-7-17(8-6-13)23-20(27)16(4)29-21-25-24-19(26(21)22)12-28-18-10-14(2)9-15(3)11-18/h5-11,16H,12,22H2,1-4H3,(H,23,27)/t16-/m1/s1. The smallest absolute Gasteiger partial charge is 0.237 e. The minimum absolute atomic E-state index is 0.130. The van der Waals surface area contributed by atoms with Crippen molar-refractivity contribution in [3.8, 4) is 5.75 Å². The van der Waals surface area contributed by atoms with Gasteiger partial charge < -0.3 is 15.9 Å². The van der Waals surface area contributed by atoms with Crippen molar-refractivity contribution in [3.05, 3.63) is 65.0 Å². The fraction of sp³-hybridized carbons (Fsp3) is 0.286. The van der Waals surface area contributed by atoms with Crippen molar-refractivity contribution in [1.82, 2.24) is 14.9 Å². The maximum Gasteiger partial charge on any atom is 0.237 e. The molecular weight excluding hydrogens is 386 g/mol. The number of anilines is 1. The number of rotatable bonds is 7. The van der Waals surface area contributed by atoms with Crippen molar-refractivity contribution in [3.63, 3.8) is 0 Å². The van der Waals surface area contributed by atoms with Gasteiger partial charge in [0.05, 0.1) is 5.25 Å². The van der Waals surface area contributed by atoms with Gasteiger partial charge >= 0.3 is 0 Å². The van der Waals surface area contributed by atoms with Crippen LogP contribution in [0.5, 0.6) is 5.75 Å². The molecule has 0 fully saturated rings. The highest BCUT2D eigenvalue weighted by atomic mass is 32.2. The predicted molar refractivity (Wildman–Crippen MR) is 116 cm³/mol. The van der Waals surface area contributed by atoms with Crippen molar-refractivity contribution in [2.75, 3.05) is 11.2 Å². The summed E-state index contributed by atoms with van der Waals surface area (Å²) in [6.45, 7) is 8.02. The van der Waals surface area contributed by atoms with E-state index in [0.29, 0.717) is 11.0 Å². The molecule has 8 heteroatoms. The highest BCUT2D eigenvalue weighted by Gasteiger charge is 2.19. The molecule has 0 aliphatic carbocycles. The molecule has 0 saturated carbocycles. The van der Waals surface area contributed by atoms with Crippen LogP contribution in [0.4, 0.5) is 5.69 Å². The number of hydrogen-bond donors (Lipinski definition) is 2. The zero-order valence-electron chi connectivity index (χ0n) is 17.0. The molecule has 0 unspecified atom stereocenters. The minimum atomic E-state index is -0.393. The molecule has 29 heavy (non-hydrogen) atoms. The normalized spacial score (nSPS) is 11.9. The first-order valence-electron chi connectivity index (χ1n) is 9.26. The van der Waals surface area contributed by atoms with Crippen LogP contribution in [0, 0.1) is 20.8 Å². The van der Waals surface area contributed by atoms with Crippen LogP contribution in [-0.4, -0.2) is 26.0 Å². The summed E-state index contributed by atoms with van der Waals surface area (Å²) in [5.74, 6) is 7.21. The molecule has 1 atom stereocenters. The number of aromatic nitrogens is 3. The number of ether oxygens (including phenoxy) is 1. The summed E-state index contributed by atoms with van der Waals surface area (Å²) in [6, 6.07) is 13.6. The highest BCUT2D eigenvalue weighted by molar-refractivity contribution is 8.00. The van der Waals surface area contributed by atoms with Crippen LogP contribution in [0.3, 0.4) is 0 Å². The Kier molecular flexibility index (Phi) is 6.43. The second-order valence-electron chi connectivity index (χ2n) is 7.00. The third-order valence-electron chi connectivity index (χ3n) is 4.27. The van der Waals surface area contributed by atoms with Crippen molar-refractivity contribution in [1.29, 1.82) is 0 Å². The third kappa shape index (κ3) is 5.51. The lowest BCUT2D eigenvalue weighted by Crippen LogP contribution is -2.24. The Morgan fingerprint density at radius 3 is 2.41 bits per heavy atom. The third-order valence-corrected chi connectivity index (χ3v) is 5.33. The Bertz CT molecular complexity index is 981. The van der Waals surface area contributed by atoms with Gasteiger partial charge in [0.25, 0.3) is 0 Å². The molecule has 7 nitrogen and oxygen atoms in total. The fourth-order valence-electron chi connectivity index (χ4n) is 2.74. The molecule has 0 aliphatic rings. The van der Waals surface area contributed by atoms with Crippen LogP contribution < -0.4 is 15.9 Å². The predicted octanol–water partition coefficient (Wildman–Crippen LogP) is 3.62. The Morgan fingerprint density at radius 2 is 1.76 bits per heavy atom. The van der Waals surface area contributed by atoms with Crippen LogP contribution in [0.1, 0.15) is 29.4 Å². The SMILES string of the molecule is Cc1ccc(NC(=O)[C@@H](C)Sc2nnc(COc3cc(C)cc(C)c3)n2N)cc1. The number of aryl methyl sites for hydroxylation is 3. The fourth-order valence-corrected chi connectivity index (χ4v) is 3.53. The van der Waals surface area contributed by atoms with Gasteiger partial charge in [-0.05, 0) is 63.1 Å². The van der Waals surface area contributed by atoms with Crippen LogP contribution in [0.2, 0.25) is 0 Å². The van der Waals surface area contributed by atoms with Gasteiger partial charge in [0.15, 0.2) is 5.82 Å². The van der Waals surface area contributed by atoms with Gasteiger partial charge in [0.2, 0.25) is 11.1 Å². The Balaban J connectivity index is 1.59. The van der Waals surface area contributed by atoms with Gasteiger partial charge in [-0.3, -0.25) is 4.79 Å². The monoisotopic (exact) mass is 411 g/mol. The van der Waals surface area contributed by atoms with Gasteiger partial charge in [0.1, 0.15) is 12.4 Å². The molecule has 1 aromatic heterocycles. The number of carbonyl (C=O) groups excluding carboxylic acids is 1. The summed E-state index contributed by atoms with van der Waals surface area (Å²) >= 11 is 1.24. The largest absolute Gasteiger partial charge is 0.486 e. The van der Waals surface area contributed by atoms with E-state index >= 15 is 0 Å². The Labute approximate surface area is 174 Å². The summed E-state index contributed by atoms with van der Waals surface area (Å²) in [6.07, 6.45) is 0. The molecule has 0 bridgehead atoms. The van der Waals surface area contributed by atoms with Crippen LogP contribution in [0.25, 0.3) is 0 Å². The van der Waals surface area contributed by atoms with E-state index in [1.165, 1.54) is 16.4 Å². The van der Waals surface area contributed by atoms with Crippen molar-refractivity contribution < 1.29 is 9.53 Å². The van der Waals surface area contributed by atoms with Crippen molar-refractivity contribution in [2.45, 2.75) is 44.7 Å². The molecule has 3 aromatic rings. The molecule has 3 N–H and O–H groups in total. The minimum Gasteiger partial charge on any atom is -0.486 e. The molecule has 0 aliphatic heterocycles. The van der Waals surface area contributed by atoms with E-state index in [4.69, 9.17) is 10.6 Å². The van der Waals surface area contributed by atoms with E-state index in [1.807, 2.05) is 57.2 Å². The van der Waals surface area contributed by atoms with Gasteiger partial charge in [-0.15, -0.1) is 10.2 Å². The summed E-state index contributed by atoms with van der Waals surface area (Å²) in [5.41, 5.74) is 4.14.